The number of carbonyl (C=O) groups is 2. The molecule has 5 rings (SSSR count). The maximum atomic E-state index is 13.2. The summed E-state index contributed by atoms with van der Waals surface area (Å²) in [5.74, 6) is 0.816. The molecule has 1 aromatic heterocycles. The van der Waals surface area contributed by atoms with Gasteiger partial charge in [0.15, 0.2) is 6.10 Å². The van der Waals surface area contributed by atoms with Crippen molar-refractivity contribution in [2.45, 2.75) is 65.1 Å². The Morgan fingerprint density at radius 1 is 1.00 bits per heavy atom. The van der Waals surface area contributed by atoms with E-state index in [-0.39, 0.29) is 11.9 Å². The van der Waals surface area contributed by atoms with Gasteiger partial charge in [0.05, 0.1) is 13.2 Å². The summed E-state index contributed by atoms with van der Waals surface area (Å²) < 4.78 is 12.8. The van der Waals surface area contributed by atoms with Crippen molar-refractivity contribution in [3.8, 4) is 5.75 Å². The summed E-state index contributed by atoms with van der Waals surface area (Å²) in [4.78, 5) is 25.0. The summed E-state index contributed by atoms with van der Waals surface area (Å²) in [6.07, 6.45) is 1.84. The Balaban J connectivity index is 1.34. The van der Waals surface area contributed by atoms with E-state index in [4.69, 9.17) is 9.47 Å². The molecule has 4 aromatic rings. The maximum absolute atomic E-state index is 13.2. The fraction of sp³-hybridized carbons (Fsp3) is 0.333. The molecule has 202 valence electrons. The number of aryl methyl sites for hydroxylation is 1. The third-order valence-corrected chi connectivity index (χ3v) is 7.79. The van der Waals surface area contributed by atoms with E-state index >= 15 is 0 Å². The van der Waals surface area contributed by atoms with Crippen molar-refractivity contribution in [3.05, 3.63) is 100 Å². The molecule has 6 nitrogen and oxygen atoms in total. The standard InChI is InChI=1S/C33H36N2O4/c1-20-22(3)35(19-24-8-6-11-29(16-24)39-23(4)33(37)38-5)31-15-14-28(18-30(20)31)32(36)34-21(2)26-9-7-10-27(17-26)25-12-13-25/h6-11,14-18,21,23,25H,12-13,19H2,1-5H3,(H,34,36)/t21-,23?/m0/s1. The van der Waals surface area contributed by atoms with Crippen LogP contribution in [0.3, 0.4) is 0 Å². The highest BCUT2D eigenvalue weighted by Crippen LogP contribution is 2.40. The normalized spacial score (nSPS) is 14.6. The first-order valence-corrected chi connectivity index (χ1v) is 13.6. The Morgan fingerprint density at radius 3 is 2.51 bits per heavy atom. The molecule has 1 heterocycles. The van der Waals surface area contributed by atoms with Gasteiger partial charge in [0.2, 0.25) is 0 Å². The van der Waals surface area contributed by atoms with Gasteiger partial charge >= 0.3 is 5.97 Å². The predicted molar refractivity (Wildman–Crippen MR) is 153 cm³/mol. The van der Waals surface area contributed by atoms with Gasteiger partial charge in [-0.2, -0.15) is 0 Å². The minimum atomic E-state index is -0.684. The quantitative estimate of drug-likeness (QED) is 0.250. The van der Waals surface area contributed by atoms with Gasteiger partial charge < -0.3 is 19.4 Å². The number of hydrogen-bond acceptors (Lipinski definition) is 4. The van der Waals surface area contributed by atoms with Crippen molar-refractivity contribution in [3.63, 3.8) is 0 Å². The van der Waals surface area contributed by atoms with Gasteiger partial charge in [-0.3, -0.25) is 4.79 Å². The second-order valence-corrected chi connectivity index (χ2v) is 10.6. The van der Waals surface area contributed by atoms with E-state index in [2.05, 4.69) is 48.0 Å². The zero-order chi connectivity index (χ0) is 27.7. The number of ether oxygens (including phenoxy) is 2. The van der Waals surface area contributed by atoms with Crippen molar-refractivity contribution in [1.29, 1.82) is 0 Å². The minimum Gasteiger partial charge on any atom is -0.479 e. The smallest absolute Gasteiger partial charge is 0.346 e. The van der Waals surface area contributed by atoms with Crippen molar-refractivity contribution in [1.82, 2.24) is 9.88 Å². The van der Waals surface area contributed by atoms with Gasteiger partial charge in [-0.1, -0.05) is 36.4 Å². The van der Waals surface area contributed by atoms with E-state index < -0.39 is 12.1 Å². The largest absolute Gasteiger partial charge is 0.479 e. The van der Waals surface area contributed by atoms with Crippen LogP contribution in [0.15, 0.2) is 66.7 Å². The maximum Gasteiger partial charge on any atom is 0.346 e. The lowest BCUT2D eigenvalue weighted by Crippen LogP contribution is -2.26. The number of benzene rings is 3. The van der Waals surface area contributed by atoms with Gasteiger partial charge in [-0.25, -0.2) is 4.79 Å². The fourth-order valence-electron chi connectivity index (χ4n) is 5.17. The minimum absolute atomic E-state index is 0.0734. The number of hydrogen-bond donors (Lipinski definition) is 1. The number of rotatable bonds is 9. The van der Waals surface area contributed by atoms with Gasteiger partial charge in [0.25, 0.3) is 5.91 Å². The van der Waals surface area contributed by atoms with E-state index in [9.17, 15) is 9.59 Å². The zero-order valence-corrected chi connectivity index (χ0v) is 23.3. The van der Waals surface area contributed by atoms with Crippen LogP contribution in [0.25, 0.3) is 10.9 Å². The zero-order valence-electron chi connectivity index (χ0n) is 23.3. The van der Waals surface area contributed by atoms with Crippen LogP contribution in [0.5, 0.6) is 5.75 Å². The highest BCUT2D eigenvalue weighted by molar-refractivity contribution is 5.99. The van der Waals surface area contributed by atoms with Crippen LogP contribution in [0, 0.1) is 13.8 Å². The number of nitrogens with zero attached hydrogens (tertiary/aromatic N) is 1. The molecule has 1 aliphatic rings. The van der Waals surface area contributed by atoms with Crippen LogP contribution in [0.1, 0.15) is 77.0 Å². The summed E-state index contributed by atoms with van der Waals surface area (Å²) in [6.45, 7) is 8.55. The van der Waals surface area contributed by atoms with Crippen LogP contribution in [0.2, 0.25) is 0 Å². The molecule has 0 bridgehead atoms. The molecule has 3 aromatic carbocycles. The SMILES string of the molecule is COC(=O)C(C)Oc1cccc(Cn2c(C)c(C)c3cc(C(=O)N[C@@H](C)c4cccc(C5CC5)c4)ccc32)c1. The second kappa shape index (κ2) is 11.0. The first-order chi connectivity index (χ1) is 18.7. The van der Waals surface area contributed by atoms with Crippen LogP contribution in [-0.4, -0.2) is 29.7 Å². The van der Waals surface area contributed by atoms with Crippen LogP contribution in [-0.2, 0) is 16.1 Å². The van der Waals surface area contributed by atoms with Crippen LogP contribution >= 0.6 is 0 Å². The molecule has 0 aliphatic heterocycles. The molecular weight excluding hydrogens is 488 g/mol. The van der Waals surface area contributed by atoms with Gasteiger partial charge in [0.1, 0.15) is 5.75 Å². The van der Waals surface area contributed by atoms with Gasteiger partial charge in [0, 0.05) is 28.7 Å². The lowest BCUT2D eigenvalue weighted by Gasteiger charge is -2.16. The molecule has 0 saturated heterocycles. The third-order valence-electron chi connectivity index (χ3n) is 7.79. The number of methoxy groups -OCH3 is 1. The molecule has 1 N–H and O–H groups in total. The van der Waals surface area contributed by atoms with E-state index in [0.29, 0.717) is 23.8 Å². The van der Waals surface area contributed by atoms with Crippen LogP contribution < -0.4 is 10.1 Å². The van der Waals surface area contributed by atoms with E-state index in [0.717, 1.165) is 33.3 Å². The average molecular weight is 525 g/mol. The summed E-state index contributed by atoms with van der Waals surface area (Å²) >= 11 is 0. The molecule has 2 atom stereocenters. The lowest BCUT2D eigenvalue weighted by atomic mass is 10.0. The second-order valence-electron chi connectivity index (χ2n) is 10.6. The Hall–Kier alpha value is -4.06. The first kappa shape index (κ1) is 26.5. The highest BCUT2D eigenvalue weighted by atomic mass is 16.6. The molecule has 0 spiro atoms. The van der Waals surface area contributed by atoms with Crippen molar-refractivity contribution in [2.75, 3.05) is 7.11 Å². The number of fused-ring (bicyclic) bond motifs is 1. The summed E-state index contributed by atoms with van der Waals surface area (Å²) in [7, 11) is 1.35. The monoisotopic (exact) mass is 524 g/mol. The molecule has 0 radical (unpaired) electrons. The molecule has 1 aliphatic carbocycles. The molecule has 1 amide bonds. The number of esters is 1. The molecular formula is C33H36N2O4. The van der Waals surface area contributed by atoms with Gasteiger partial charge in [-0.15, -0.1) is 0 Å². The van der Waals surface area contributed by atoms with Gasteiger partial charge in [-0.05, 0) is 99.0 Å². The van der Waals surface area contributed by atoms with E-state index in [1.54, 1.807) is 6.92 Å². The molecule has 1 fully saturated rings. The van der Waals surface area contributed by atoms with Crippen molar-refractivity contribution < 1.29 is 19.1 Å². The lowest BCUT2D eigenvalue weighted by molar-refractivity contribution is -0.147. The van der Waals surface area contributed by atoms with E-state index in [1.165, 1.54) is 25.5 Å². The number of carbonyl (C=O) groups excluding carboxylic acids is 2. The molecule has 6 heteroatoms. The average Bonchev–Trinajstić information content (AvgIpc) is 3.77. The third kappa shape index (κ3) is 5.70. The summed E-state index contributed by atoms with van der Waals surface area (Å²) in [5, 5.41) is 4.25. The summed E-state index contributed by atoms with van der Waals surface area (Å²) in [5.41, 5.74) is 7.57. The Kier molecular flexibility index (Phi) is 7.47. The van der Waals surface area contributed by atoms with Crippen molar-refractivity contribution in [2.24, 2.45) is 0 Å². The molecule has 1 saturated carbocycles. The number of amides is 1. The Bertz CT molecular complexity index is 1530. The molecule has 1 unspecified atom stereocenters. The topological polar surface area (TPSA) is 69.6 Å². The number of nitrogens with one attached hydrogen (secondary N) is 1. The number of aromatic nitrogens is 1. The first-order valence-electron chi connectivity index (χ1n) is 13.6. The van der Waals surface area contributed by atoms with Crippen LogP contribution in [0.4, 0.5) is 0 Å². The van der Waals surface area contributed by atoms with E-state index in [1.807, 2.05) is 49.4 Å². The predicted octanol–water partition coefficient (Wildman–Crippen LogP) is 6.62. The fourth-order valence-corrected chi connectivity index (χ4v) is 5.17. The van der Waals surface area contributed by atoms with Crippen molar-refractivity contribution >= 4 is 22.8 Å². The summed E-state index contributed by atoms with van der Waals surface area (Å²) in [6, 6.07) is 22.2. The Labute approximate surface area is 229 Å². The molecule has 39 heavy (non-hydrogen) atoms. The highest BCUT2D eigenvalue weighted by Gasteiger charge is 2.24. The Morgan fingerprint density at radius 2 is 1.77 bits per heavy atom.